The Balaban J connectivity index is 1.36. The molecule has 31 heavy (non-hydrogen) atoms. The smallest absolute Gasteiger partial charge is 0.242 e. The summed E-state index contributed by atoms with van der Waals surface area (Å²) in [5.74, 6) is -1.26. The first-order valence-electron chi connectivity index (χ1n) is 11.1. The van der Waals surface area contributed by atoms with Crippen molar-refractivity contribution < 1.29 is 19.1 Å². The molecule has 3 fully saturated rings. The van der Waals surface area contributed by atoms with E-state index in [9.17, 15) is 14.4 Å². The summed E-state index contributed by atoms with van der Waals surface area (Å²) in [6, 6.07) is 6.24. The van der Waals surface area contributed by atoms with Crippen molar-refractivity contribution in [2.24, 2.45) is 11.8 Å². The Morgan fingerprint density at radius 3 is 2.68 bits per heavy atom. The van der Waals surface area contributed by atoms with Gasteiger partial charge in [-0.15, -0.1) is 0 Å². The molecular formula is C24H29N3O4. The minimum Gasteiger partial charge on any atom is -0.360 e. The van der Waals surface area contributed by atoms with E-state index in [2.05, 4.69) is 32.0 Å². The molecule has 0 N–H and O–H groups in total. The molecule has 4 heterocycles. The van der Waals surface area contributed by atoms with E-state index < -0.39 is 17.4 Å². The summed E-state index contributed by atoms with van der Waals surface area (Å²) in [4.78, 5) is 44.4. The molecule has 0 unspecified atom stereocenters. The maximum Gasteiger partial charge on any atom is 0.242 e. The highest BCUT2D eigenvalue weighted by molar-refractivity contribution is 5.94. The van der Waals surface area contributed by atoms with Gasteiger partial charge in [0.05, 0.1) is 31.0 Å². The fraction of sp³-hybridized carbons (Fsp3) is 0.542. The van der Waals surface area contributed by atoms with Gasteiger partial charge >= 0.3 is 0 Å². The molecule has 4 atom stereocenters. The number of hydrogen-bond acceptors (Lipinski definition) is 4. The Hall–Kier alpha value is -2.67. The molecule has 5 rings (SSSR count). The molecule has 164 valence electrons. The number of rotatable bonds is 4. The van der Waals surface area contributed by atoms with Crippen molar-refractivity contribution in [3.05, 3.63) is 47.0 Å². The first kappa shape index (κ1) is 20.2. The summed E-state index contributed by atoms with van der Waals surface area (Å²) in [6.45, 7) is 8.83. The number of nitrogens with zero attached hydrogens (tertiary/aromatic N) is 3. The summed E-state index contributed by atoms with van der Waals surface area (Å²) in [6.07, 6.45) is 3.52. The van der Waals surface area contributed by atoms with E-state index in [1.54, 1.807) is 9.80 Å². The Morgan fingerprint density at radius 2 is 1.97 bits per heavy atom. The fourth-order valence-corrected chi connectivity index (χ4v) is 5.56. The third-order valence-corrected chi connectivity index (χ3v) is 7.42. The molecule has 1 spiro atoms. The van der Waals surface area contributed by atoms with Gasteiger partial charge < -0.3 is 19.4 Å². The first-order chi connectivity index (χ1) is 14.8. The van der Waals surface area contributed by atoms with Crippen LogP contribution in [0.3, 0.4) is 0 Å². The molecular weight excluding hydrogens is 394 g/mol. The number of benzene rings is 1. The van der Waals surface area contributed by atoms with Crippen molar-refractivity contribution in [2.75, 3.05) is 32.7 Å². The molecule has 7 nitrogen and oxygen atoms in total. The quantitative estimate of drug-likeness (QED) is 0.684. The molecule has 1 aromatic carbocycles. The van der Waals surface area contributed by atoms with Gasteiger partial charge in [-0.2, -0.15) is 0 Å². The molecule has 0 aliphatic carbocycles. The zero-order valence-electron chi connectivity index (χ0n) is 18.3. The summed E-state index contributed by atoms with van der Waals surface area (Å²) in [7, 11) is 0. The summed E-state index contributed by atoms with van der Waals surface area (Å²) in [5.41, 5.74) is 2.77. The largest absolute Gasteiger partial charge is 0.360 e. The minimum atomic E-state index is -0.725. The van der Waals surface area contributed by atoms with Crippen LogP contribution in [0.5, 0.6) is 0 Å². The van der Waals surface area contributed by atoms with Crippen LogP contribution in [0.4, 0.5) is 0 Å². The third kappa shape index (κ3) is 3.09. The van der Waals surface area contributed by atoms with Crippen LogP contribution in [0, 0.1) is 25.7 Å². The highest BCUT2D eigenvalue weighted by atomic mass is 16.5. The van der Waals surface area contributed by atoms with Crippen molar-refractivity contribution >= 4 is 17.7 Å². The van der Waals surface area contributed by atoms with E-state index in [0.29, 0.717) is 32.7 Å². The van der Waals surface area contributed by atoms with Gasteiger partial charge in [-0.05, 0) is 37.5 Å². The number of fused-ring (bicyclic) bond motifs is 1. The normalized spacial score (nSPS) is 31.7. The van der Waals surface area contributed by atoms with Gasteiger partial charge in [-0.25, -0.2) is 0 Å². The Morgan fingerprint density at radius 1 is 1.16 bits per heavy atom. The van der Waals surface area contributed by atoms with Gasteiger partial charge in [0.2, 0.25) is 17.7 Å². The van der Waals surface area contributed by atoms with Gasteiger partial charge in [0.25, 0.3) is 0 Å². The Bertz CT molecular complexity index is 989. The van der Waals surface area contributed by atoms with Gasteiger partial charge in [0.1, 0.15) is 5.60 Å². The molecule has 7 heteroatoms. The zero-order valence-corrected chi connectivity index (χ0v) is 18.3. The number of carbonyl (C=O) groups is 3. The maximum absolute atomic E-state index is 13.5. The molecule has 3 saturated heterocycles. The van der Waals surface area contributed by atoms with Crippen LogP contribution in [-0.4, -0.2) is 76.9 Å². The average molecular weight is 424 g/mol. The van der Waals surface area contributed by atoms with Gasteiger partial charge in [-0.3, -0.25) is 14.4 Å². The van der Waals surface area contributed by atoms with Crippen LogP contribution in [0.15, 0.2) is 30.4 Å². The topological polar surface area (TPSA) is 70.2 Å². The number of aryl methyl sites for hydroxylation is 2. The van der Waals surface area contributed by atoms with Crippen LogP contribution in [-0.2, 0) is 25.7 Å². The molecule has 1 aromatic rings. The number of amides is 3. The monoisotopic (exact) mass is 423 g/mol. The number of carbonyl (C=O) groups excluding carboxylic acids is 3. The first-order valence-corrected chi connectivity index (χ1v) is 11.1. The lowest BCUT2D eigenvalue weighted by atomic mass is 9.76. The van der Waals surface area contributed by atoms with E-state index in [4.69, 9.17) is 4.74 Å². The lowest BCUT2D eigenvalue weighted by Gasteiger charge is -2.36. The van der Waals surface area contributed by atoms with Gasteiger partial charge in [0, 0.05) is 26.2 Å². The number of piperazine rings is 1. The zero-order chi connectivity index (χ0) is 21.9. The Kier molecular flexibility index (Phi) is 4.70. The number of hydrogen-bond donors (Lipinski definition) is 0. The lowest BCUT2D eigenvalue weighted by Crippen LogP contribution is -2.55. The second kappa shape index (κ2) is 7.19. The molecule has 0 aromatic heterocycles. The molecule has 0 saturated carbocycles. The van der Waals surface area contributed by atoms with Gasteiger partial charge in [-0.1, -0.05) is 30.4 Å². The fourth-order valence-electron chi connectivity index (χ4n) is 5.56. The lowest BCUT2D eigenvalue weighted by molar-refractivity contribution is -0.150. The molecule has 2 bridgehead atoms. The number of ether oxygens (including phenoxy) is 1. The molecule has 4 aliphatic rings. The van der Waals surface area contributed by atoms with Crippen molar-refractivity contribution in [2.45, 2.75) is 39.0 Å². The number of likely N-dealkylation sites (N-methyl/N-ethyl adjacent to an activating group) is 1. The van der Waals surface area contributed by atoms with Crippen LogP contribution < -0.4 is 0 Å². The summed E-state index contributed by atoms with van der Waals surface area (Å²) >= 11 is 0. The van der Waals surface area contributed by atoms with E-state index >= 15 is 0 Å². The van der Waals surface area contributed by atoms with E-state index in [-0.39, 0.29) is 30.4 Å². The molecule has 0 radical (unpaired) electrons. The van der Waals surface area contributed by atoms with E-state index in [0.717, 1.165) is 5.56 Å². The summed E-state index contributed by atoms with van der Waals surface area (Å²) in [5, 5.41) is 0. The van der Waals surface area contributed by atoms with Crippen molar-refractivity contribution in [1.29, 1.82) is 0 Å². The van der Waals surface area contributed by atoms with Crippen LogP contribution in [0.25, 0.3) is 0 Å². The van der Waals surface area contributed by atoms with Crippen LogP contribution in [0.1, 0.15) is 23.6 Å². The highest BCUT2D eigenvalue weighted by Crippen LogP contribution is 2.52. The van der Waals surface area contributed by atoms with E-state index in [1.165, 1.54) is 11.1 Å². The standard InChI is InChI=1S/C24H29N3O4/c1-4-25-9-10-26(13-19(25)28)22(29)20-18-7-8-24(31-18)14-27(23(30)21(20)24)12-17-6-5-15(2)16(3)11-17/h5-8,11,18,20-21H,4,9-10,12-14H2,1-3H3/t18-,20-,21+,24-/m0/s1. The van der Waals surface area contributed by atoms with E-state index in [1.807, 2.05) is 24.0 Å². The average Bonchev–Trinajstić information content (AvgIpc) is 3.38. The molecule has 4 aliphatic heterocycles. The van der Waals surface area contributed by atoms with Gasteiger partial charge in [0.15, 0.2) is 0 Å². The molecule has 3 amide bonds. The van der Waals surface area contributed by atoms with Crippen molar-refractivity contribution in [3.63, 3.8) is 0 Å². The summed E-state index contributed by atoms with van der Waals surface area (Å²) < 4.78 is 6.24. The minimum absolute atomic E-state index is 0.0260. The maximum atomic E-state index is 13.5. The van der Waals surface area contributed by atoms with Crippen molar-refractivity contribution in [1.82, 2.24) is 14.7 Å². The van der Waals surface area contributed by atoms with Crippen LogP contribution >= 0.6 is 0 Å². The number of likely N-dealkylation sites (tertiary alicyclic amines) is 1. The predicted octanol–water partition coefficient (Wildman–Crippen LogP) is 1.28. The predicted molar refractivity (Wildman–Crippen MR) is 114 cm³/mol. The second-order valence-electron chi connectivity index (χ2n) is 9.25. The Labute approximate surface area is 182 Å². The van der Waals surface area contributed by atoms with Crippen molar-refractivity contribution in [3.8, 4) is 0 Å². The van der Waals surface area contributed by atoms with Crippen LogP contribution in [0.2, 0.25) is 0 Å². The third-order valence-electron chi connectivity index (χ3n) is 7.42. The SMILES string of the molecule is CCN1CCN(C(=O)[C@H]2[C@@H]3C=C[C@@]4(CN(Cc5ccc(C)c(C)c5)C(=O)[C@@H]24)O3)CC1=O. The highest BCUT2D eigenvalue weighted by Gasteiger charge is 2.67. The second-order valence-corrected chi connectivity index (χ2v) is 9.25.